The smallest absolute Gasteiger partial charge is 0.416 e. The summed E-state index contributed by atoms with van der Waals surface area (Å²) in [6, 6.07) is 11.6. The zero-order chi connectivity index (χ0) is 17.7. The van der Waals surface area contributed by atoms with Gasteiger partial charge in [0.25, 0.3) is 0 Å². The van der Waals surface area contributed by atoms with Crippen LogP contribution in [-0.2, 0) is 23.9 Å². The van der Waals surface area contributed by atoms with E-state index in [0.29, 0.717) is 17.5 Å². The molecule has 0 atom stereocenters. The van der Waals surface area contributed by atoms with Crippen LogP contribution >= 0.6 is 0 Å². The molecular formula is C18H18F3NO2. The fraction of sp³-hybridized carbons (Fsp3) is 0.278. The van der Waals surface area contributed by atoms with Gasteiger partial charge in [0.2, 0.25) is 5.91 Å². The zero-order valence-electron chi connectivity index (χ0n) is 13.2. The Morgan fingerprint density at radius 3 is 2.29 bits per heavy atom. The van der Waals surface area contributed by atoms with Crippen LogP contribution in [0.25, 0.3) is 0 Å². The van der Waals surface area contributed by atoms with Gasteiger partial charge in [0.05, 0.1) is 5.56 Å². The van der Waals surface area contributed by atoms with Crippen molar-refractivity contribution in [2.45, 2.75) is 25.6 Å². The Bertz CT molecular complexity index is 696. The first-order valence-electron chi connectivity index (χ1n) is 7.44. The van der Waals surface area contributed by atoms with Crippen LogP contribution in [0.3, 0.4) is 0 Å². The predicted octanol–water partition coefficient (Wildman–Crippen LogP) is 4.00. The van der Waals surface area contributed by atoms with Crippen LogP contribution in [0.5, 0.6) is 5.75 Å². The van der Waals surface area contributed by atoms with Gasteiger partial charge >= 0.3 is 6.18 Å². The number of halogens is 3. The minimum atomic E-state index is -4.36. The number of hydrogen-bond acceptors (Lipinski definition) is 2. The lowest BCUT2D eigenvalue weighted by atomic mass is 10.1. The normalized spacial score (nSPS) is 11.3. The van der Waals surface area contributed by atoms with Crippen molar-refractivity contribution in [1.29, 1.82) is 0 Å². The summed E-state index contributed by atoms with van der Waals surface area (Å²) in [7, 11) is 1.60. The van der Waals surface area contributed by atoms with E-state index in [-0.39, 0.29) is 24.6 Å². The Balaban J connectivity index is 1.91. The van der Waals surface area contributed by atoms with E-state index in [9.17, 15) is 23.1 Å². The van der Waals surface area contributed by atoms with Crippen LogP contribution in [0.15, 0.2) is 48.5 Å². The molecule has 0 radical (unpaired) electrons. The summed E-state index contributed by atoms with van der Waals surface area (Å²) in [5, 5.41) is 9.67. The highest BCUT2D eigenvalue weighted by atomic mass is 19.4. The first-order valence-corrected chi connectivity index (χ1v) is 7.44. The van der Waals surface area contributed by atoms with Crippen molar-refractivity contribution in [3.63, 3.8) is 0 Å². The zero-order valence-corrected chi connectivity index (χ0v) is 13.2. The minimum absolute atomic E-state index is 0.141. The van der Waals surface area contributed by atoms with Crippen LogP contribution < -0.4 is 0 Å². The first kappa shape index (κ1) is 17.8. The maximum atomic E-state index is 12.5. The predicted molar refractivity (Wildman–Crippen MR) is 84.3 cm³/mol. The minimum Gasteiger partial charge on any atom is -0.508 e. The second-order valence-corrected chi connectivity index (χ2v) is 5.57. The molecule has 0 unspecified atom stereocenters. The molecule has 2 rings (SSSR count). The molecule has 2 aromatic carbocycles. The fourth-order valence-corrected chi connectivity index (χ4v) is 2.32. The van der Waals surface area contributed by atoms with E-state index in [1.54, 1.807) is 31.3 Å². The van der Waals surface area contributed by atoms with Crippen LogP contribution in [0.2, 0.25) is 0 Å². The quantitative estimate of drug-likeness (QED) is 0.896. The molecule has 0 heterocycles. The lowest BCUT2D eigenvalue weighted by Crippen LogP contribution is -2.26. The van der Waals surface area contributed by atoms with E-state index in [0.717, 1.165) is 12.1 Å². The van der Waals surface area contributed by atoms with Crippen LogP contribution in [0.1, 0.15) is 23.1 Å². The average Bonchev–Trinajstić information content (AvgIpc) is 2.53. The summed E-state index contributed by atoms with van der Waals surface area (Å²) in [4.78, 5) is 13.6. The highest BCUT2D eigenvalue weighted by Gasteiger charge is 2.29. The van der Waals surface area contributed by atoms with E-state index in [1.807, 2.05) is 0 Å². The Hall–Kier alpha value is -2.50. The standard InChI is InChI=1S/C18H18F3NO2/c1-22(12-13-6-9-15(10-7-13)18(19,20)21)17(24)11-8-14-4-2-3-5-16(14)23/h2-7,9-10,23H,8,11-12H2,1H3. The number of aryl methyl sites for hydroxylation is 1. The van der Waals surface area contributed by atoms with Crippen LogP contribution in [0.4, 0.5) is 13.2 Å². The molecule has 1 amide bonds. The highest BCUT2D eigenvalue weighted by molar-refractivity contribution is 5.76. The molecule has 0 saturated heterocycles. The number of nitrogens with zero attached hydrogens (tertiary/aromatic N) is 1. The average molecular weight is 337 g/mol. The topological polar surface area (TPSA) is 40.5 Å². The van der Waals surface area contributed by atoms with E-state index < -0.39 is 11.7 Å². The number of carbonyl (C=O) groups is 1. The van der Waals surface area contributed by atoms with E-state index in [4.69, 9.17) is 0 Å². The molecule has 2 aromatic rings. The summed E-state index contributed by atoms with van der Waals surface area (Å²) in [6.45, 7) is 0.234. The largest absolute Gasteiger partial charge is 0.508 e. The molecule has 0 saturated carbocycles. The number of carbonyl (C=O) groups excluding carboxylic acids is 1. The van der Waals surface area contributed by atoms with Gasteiger partial charge in [-0.25, -0.2) is 0 Å². The molecule has 0 aliphatic carbocycles. The molecule has 3 nitrogen and oxygen atoms in total. The summed E-state index contributed by atoms with van der Waals surface area (Å²) in [5.41, 5.74) is 0.606. The molecule has 128 valence electrons. The summed E-state index contributed by atoms with van der Waals surface area (Å²) >= 11 is 0. The van der Waals surface area contributed by atoms with Crippen LogP contribution in [0, 0.1) is 0 Å². The summed E-state index contributed by atoms with van der Waals surface area (Å²) in [6.07, 6.45) is -3.74. The highest BCUT2D eigenvalue weighted by Crippen LogP contribution is 2.29. The maximum absolute atomic E-state index is 12.5. The first-order chi connectivity index (χ1) is 11.3. The molecule has 0 aliphatic heterocycles. The Labute approximate surface area is 138 Å². The van der Waals surface area contributed by atoms with E-state index in [2.05, 4.69) is 0 Å². The van der Waals surface area contributed by atoms with Crippen molar-refractivity contribution in [2.75, 3.05) is 7.05 Å². The number of para-hydroxylation sites is 1. The lowest BCUT2D eigenvalue weighted by Gasteiger charge is -2.18. The van der Waals surface area contributed by atoms with Crippen molar-refractivity contribution < 1.29 is 23.1 Å². The van der Waals surface area contributed by atoms with Crippen molar-refractivity contribution in [3.05, 3.63) is 65.2 Å². The van der Waals surface area contributed by atoms with Gasteiger partial charge in [0.1, 0.15) is 5.75 Å². The molecule has 1 N–H and O–H groups in total. The van der Waals surface area contributed by atoms with Crippen molar-refractivity contribution in [3.8, 4) is 5.75 Å². The summed E-state index contributed by atoms with van der Waals surface area (Å²) in [5.74, 6) is 0.00819. The van der Waals surface area contributed by atoms with Crippen molar-refractivity contribution in [2.24, 2.45) is 0 Å². The number of phenols is 1. The van der Waals surface area contributed by atoms with Crippen molar-refractivity contribution in [1.82, 2.24) is 4.90 Å². The van der Waals surface area contributed by atoms with Gasteiger partial charge in [-0.1, -0.05) is 30.3 Å². The molecule has 0 aliphatic rings. The third-order valence-electron chi connectivity index (χ3n) is 3.73. The number of phenolic OH excluding ortho intramolecular Hbond substituents is 1. The van der Waals surface area contributed by atoms with Gasteiger partial charge in [-0.05, 0) is 35.7 Å². The molecule has 24 heavy (non-hydrogen) atoms. The maximum Gasteiger partial charge on any atom is 0.416 e. The Kier molecular flexibility index (Phi) is 5.49. The number of benzene rings is 2. The third-order valence-corrected chi connectivity index (χ3v) is 3.73. The van der Waals surface area contributed by atoms with E-state index >= 15 is 0 Å². The van der Waals surface area contributed by atoms with Gasteiger partial charge in [-0.15, -0.1) is 0 Å². The SMILES string of the molecule is CN(Cc1ccc(C(F)(F)F)cc1)C(=O)CCc1ccccc1O. The Morgan fingerprint density at radius 1 is 1.08 bits per heavy atom. The monoisotopic (exact) mass is 337 g/mol. The third kappa shape index (κ3) is 4.75. The van der Waals surface area contributed by atoms with Gasteiger partial charge in [-0.3, -0.25) is 4.79 Å². The second kappa shape index (κ2) is 7.38. The van der Waals surface area contributed by atoms with Gasteiger partial charge in [0.15, 0.2) is 0 Å². The van der Waals surface area contributed by atoms with Crippen LogP contribution in [-0.4, -0.2) is 23.0 Å². The number of rotatable bonds is 5. The number of amides is 1. The molecule has 6 heteroatoms. The fourth-order valence-electron chi connectivity index (χ4n) is 2.32. The number of hydrogen-bond donors (Lipinski definition) is 1. The molecule has 0 fully saturated rings. The molecular weight excluding hydrogens is 319 g/mol. The van der Waals surface area contributed by atoms with E-state index in [1.165, 1.54) is 17.0 Å². The van der Waals surface area contributed by atoms with Gasteiger partial charge in [-0.2, -0.15) is 13.2 Å². The molecule has 0 aromatic heterocycles. The second-order valence-electron chi connectivity index (χ2n) is 5.57. The summed E-state index contributed by atoms with van der Waals surface area (Å²) < 4.78 is 37.6. The number of alkyl halides is 3. The van der Waals surface area contributed by atoms with Crippen molar-refractivity contribution >= 4 is 5.91 Å². The number of aromatic hydroxyl groups is 1. The molecule has 0 spiro atoms. The van der Waals surface area contributed by atoms with Gasteiger partial charge in [0, 0.05) is 20.0 Å². The Morgan fingerprint density at radius 2 is 1.71 bits per heavy atom. The molecule has 0 bridgehead atoms. The van der Waals surface area contributed by atoms with Gasteiger partial charge < -0.3 is 10.0 Å². The lowest BCUT2D eigenvalue weighted by molar-refractivity contribution is -0.137.